The Morgan fingerprint density at radius 2 is 1.70 bits per heavy atom. The first-order valence-electron chi connectivity index (χ1n) is 12.8. The number of hydrogen-bond donors (Lipinski definition) is 4. The highest BCUT2D eigenvalue weighted by molar-refractivity contribution is 7.95. The minimum Gasteiger partial charge on any atom is -0.489 e. The molecule has 5 rings (SSSR count). The van der Waals surface area contributed by atoms with Gasteiger partial charge in [-0.1, -0.05) is 24.3 Å². The van der Waals surface area contributed by atoms with E-state index in [0.717, 1.165) is 11.3 Å². The Kier molecular flexibility index (Phi) is 8.44. The third-order valence-electron chi connectivity index (χ3n) is 6.80. The Balaban J connectivity index is 1.08. The molecule has 0 spiro atoms. The maximum Gasteiger partial charge on any atom is 0.323 e. The zero-order valence-electron chi connectivity index (χ0n) is 21.4. The number of aliphatic hydroxyl groups excluding tert-OH is 1. The summed E-state index contributed by atoms with van der Waals surface area (Å²) in [5.74, 6) is 0.703. The van der Waals surface area contributed by atoms with Crippen molar-refractivity contribution in [3.05, 3.63) is 71.1 Å². The summed E-state index contributed by atoms with van der Waals surface area (Å²) in [5.41, 5.74) is 0.842. The highest BCUT2D eigenvalue weighted by Crippen LogP contribution is 2.33. The van der Waals surface area contributed by atoms with Crippen molar-refractivity contribution >= 4 is 42.2 Å². The van der Waals surface area contributed by atoms with E-state index >= 15 is 0 Å². The van der Waals surface area contributed by atoms with Gasteiger partial charge in [0.15, 0.2) is 0 Å². The van der Waals surface area contributed by atoms with Gasteiger partial charge >= 0.3 is 5.69 Å². The zero-order valence-corrected chi connectivity index (χ0v) is 23.9. The van der Waals surface area contributed by atoms with Gasteiger partial charge in [0, 0.05) is 19.6 Å². The number of rotatable bonds is 11. The van der Waals surface area contributed by atoms with Gasteiger partial charge < -0.3 is 25.1 Å². The van der Waals surface area contributed by atoms with Gasteiger partial charge in [0.25, 0.3) is 10.0 Å². The van der Waals surface area contributed by atoms with E-state index in [1.807, 2.05) is 0 Å². The molecule has 4 N–H and O–H groups in total. The highest BCUT2D eigenvalue weighted by atomic mass is 32.3. The second-order valence-electron chi connectivity index (χ2n) is 9.62. The van der Waals surface area contributed by atoms with E-state index in [2.05, 4.69) is 15.3 Å². The maximum absolute atomic E-state index is 13.2. The summed E-state index contributed by atoms with van der Waals surface area (Å²) >= 11 is 0.769. The average Bonchev–Trinajstić information content (AvgIpc) is 3.60. The van der Waals surface area contributed by atoms with Crippen molar-refractivity contribution in [1.82, 2.24) is 19.6 Å². The Morgan fingerprint density at radius 1 is 0.975 bits per heavy atom. The highest BCUT2D eigenvalue weighted by Gasteiger charge is 2.32. The molecule has 0 aliphatic carbocycles. The maximum atomic E-state index is 13.2. The molecule has 2 aromatic heterocycles. The SMILES string of the molecule is O=c1[nH]c2cccc(OC[C@H](O)CNCC3CCN(S(=O)(=O)c4ccc(S(=O)(=O)c5ccccc5)s4)CC3)c2[nH]1. The van der Waals surface area contributed by atoms with Crippen LogP contribution in [0.2, 0.25) is 0 Å². The number of sulfonamides is 1. The second kappa shape index (κ2) is 11.8. The van der Waals surface area contributed by atoms with Crippen LogP contribution in [-0.4, -0.2) is 75.1 Å². The number of nitrogens with one attached hydrogen (secondary N) is 3. The fourth-order valence-electron chi connectivity index (χ4n) is 4.63. The predicted molar refractivity (Wildman–Crippen MR) is 151 cm³/mol. The van der Waals surface area contributed by atoms with E-state index in [1.54, 1.807) is 36.4 Å². The molecule has 1 fully saturated rings. The molecule has 0 bridgehead atoms. The Hall–Kier alpha value is -3.01. The predicted octanol–water partition coefficient (Wildman–Crippen LogP) is 2.18. The number of piperidine rings is 1. The lowest BCUT2D eigenvalue weighted by atomic mass is 9.98. The molecule has 1 atom stereocenters. The first-order chi connectivity index (χ1) is 19.1. The van der Waals surface area contributed by atoms with E-state index in [0.29, 0.717) is 55.8 Å². The number of hydrogen-bond acceptors (Lipinski definition) is 9. The lowest BCUT2D eigenvalue weighted by Gasteiger charge is -2.31. The normalized spacial score (nSPS) is 16.3. The standard InChI is InChI=1S/C26H30N4O7S3/c31-19(17-37-22-8-4-7-21-25(22)29-26(32)28-21)16-27-15-18-11-13-30(14-12-18)40(35,36)24-10-9-23(38-24)39(33,34)20-5-2-1-3-6-20/h1-10,18-19,27,31H,11-17H2,(H2,28,29,32)/t19-/m1/s1. The molecule has 1 aliphatic rings. The van der Waals surface area contributed by atoms with Crippen molar-refractivity contribution in [2.24, 2.45) is 5.92 Å². The van der Waals surface area contributed by atoms with Gasteiger partial charge in [-0.25, -0.2) is 21.6 Å². The number of sulfone groups is 1. The van der Waals surface area contributed by atoms with Crippen molar-refractivity contribution in [3.8, 4) is 5.75 Å². The number of fused-ring (bicyclic) bond motifs is 1. The molecule has 0 amide bonds. The van der Waals surface area contributed by atoms with Crippen LogP contribution >= 0.6 is 11.3 Å². The number of thiophene rings is 1. The van der Waals surface area contributed by atoms with Gasteiger partial charge in [-0.3, -0.25) is 0 Å². The first kappa shape index (κ1) is 28.5. The van der Waals surface area contributed by atoms with E-state index in [9.17, 15) is 26.7 Å². The van der Waals surface area contributed by atoms with Crippen LogP contribution in [0, 0.1) is 5.92 Å². The largest absolute Gasteiger partial charge is 0.489 e. The molecule has 40 heavy (non-hydrogen) atoms. The van der Waals surface area contributed by atoms with Gasteiger partial charge in [0.2, 0.25) is 9.84 Å². The fourth-order valence-corrected chi connectivity index (χ4v) is 9.45. The topological polar surface area (TPSA) is 162 Å². The Labute approximate surface area is 235 Å². The summed E-state index contributed by atoms with van der Waals surface area (Å²) in [6, 6.07) is 15.9. The molecular formula is C26H30N4O7S3. The number of aliphatic hydroxyl groups is 1. The minimum atomic E-state index is -3.80. The van der Waals surface area contributed by atoms with Crippen LogP contribution in [0.5, 0.6) is 5.75 Å². The average molecular weight is 607 g/mol. The summed E-state index contributed by atoms with van der Waals surface area (Å²) in [6.45, 7) is 1.62. The van der Waals surface area contributed by atoms with Crippen LogP contribution in [0.1, 0.15) is 12.8 Å². The number of benzene rings is 2. The van der Waals surface area contributed by atoms with Gasteiger partial charge in [0.1, 0.15) is 32.4 Å². The summed E-state index contributed by atoms with van der Waals surface area (Å²) in [6.07, 6.45) is 0.506. The van der Waals surface area contributed by atoms with Crippen LogP contribution in [0.3, 0.4) is 0 Å². The van der Waals surface area contributed by atoms with Crippen molar-refractivity contribution in [1.29, 1.82) is 0 Å². The summed E-state index contributed by atoms with van der Waals surface area (Å²) in [4.78, 5) is 17.0. The molecule has 1 saturated heterocycles. The number of nitrogens with zero attached hydrogens (tertiary/aromatic N) is 1. The van der Waals surface area contributed by atoms with Crippen LogP contribution < -0.4 is 15.7 Å². The Morgan fingerprint density at radius 3 is 2.45 bits per heavy atom. The van der Waals surface area contributed by atoms with Gasteiger partial charge in [-0.05, 0) is 61.7 Å². The second-order valence-corrected chi connectivity index (χ2v) is 15.0. The molecule has 0 radical (unpaired) electrons. The van der Waals surface area contributed by atoms with Crippen LogP contribution in [0.25, 0.3) is 11.0 Å². The number of para-hydroxylation sites is 1. The molecule has 0 unspecified atom stereocenters. The molecule has 214 valence electrons. The summed E-state index contributed by atoms with van der Waals surface area (Å²) in [7, 11) is -7.58. The van der Waals surface area contributed by atoms with Crippen LogP contribution in [0.4, 0.5) is 0 Å². The molecule has 1 aliphatic heterocycles. The van der Waals surface area contributed by atoms with Crippen molar-refractivity contribution in [2.75, 3.05) is 32.8 Å². The van der Waals surface area contributed by atoms with E-state index < -0.39 is 26.0 Å². The van der Waals surface area contributed by atoms with Crippen molar-refractivity contribution < 1.29 is 26.7 Å². The Bertz CT molecular complexity index is 1720. The molecule has 11 nitrogen and oxygen atoms in total. The van der Waals surface area contributed by atoms with Crippen molar-refractivity contribution in [3.63, 3.8) is 0 Å². The van der Waals surface area contributed by atoms with E-state index in [4.69, 9.17) is 4.74 Å². The molecule has 2 aromatic carbocycles. The monoisotopic (exact) mass is 606 g/mol. The number of imidazole rings is 1. The lowest BCUT2D eigenvalue weighted by molar-refractivity contribution is 0.105. The summed E-state index contributed by atoms with van der Waals surface area (Å²) in [5, 5.41) is 13.6. The number of H-pyrrole nitrogens is 2. The quantitative estimate of drug-likeness (QED) is 0.202. The molecule has 3 heterocycles. The van der Waals surface area contributed by atoms with Crippen LogP contribution in [0.15, 0.2) is 78.8 Å². The minimum absolute atomic E-state index is 0.00281. The van der Waals surface area contributed by atoms with E-state index in [-0.39, 0.29) is 31.5 Å². The number of ether oxygens (including phenoxy) is 1. The zero-order chi connectivity index (χ0) is 28.3. The van der Waals surface area contributed by atoms with Gasteiger partial charge in [-0.15, -0.1) is 11.3 Å². The summed E-state index contributed by atoms with van der Waals surface area (Å²) < 4.78 is 59.2. The fraction of sp³-hybridized carbons (Fsp3) is 0.346. The smallest absolute Gasteiger partial charge is 0.323 e. The molecule has 4 aromatic rings. The lowest BCUT2D eigenvalue weighted by Crippen LogP contribution is -2.41. The van der Waals surface area contributed by atoms with Gasteiger partial charge in [0.05, 0.1) is 10.4 Å². The molecule has 0 saturated carbocycles. The number of aromatic nitrogens is 2. The van der Waals surface area contributed by atoms with Crippen LogP contribution in [-0.2, 0) is 19.9 Å². The number of aromatic amines is 2. The first-order valence-corrected chi connectivity index (χ1v) is 16.5. The molecule has 14 heteroatoms. The van der Waals surface area contributed by atoms with Crippen molar-refractivity contribution in [2.45, 2.75) is 32.3 Å². The molecular weight excluding hydrogens is 577 g/mol. The van der Waals surface area contributed by atoms with Gasteiger partial charge in [-0.2, -0.15) is 4.31 Å². The third-order valence-corrected chi connectivity index (χ3v) is 12.5. The van der Waals surface area contributed by atoms with E-state index in [1.165, 1.54) is 28.6 Å². The third kappa shape index (κ3) is 6.16.